The number of hydrogen-bond donors (Lipinski definition) is 2. The Labute approximate surface area is 152 Å². The van der Waals surface area contributed by atoms with Crippen molar-refractivity contribution in [3.8, 4) is 17.2 Å². The van der Waals surface area contributed by atoms with E-state index in [0.717, 1.165) is 4.47 Å². The number of anilines is 1. The van der Waals surface area contributed by atoms with Crippen LogP contribution in [0.15, 0.2) is 40.9 Å². The van der Waals surface area contributed by atoms with E-state index in [-0.39, 0.29) is 35.3 Å². The highest BCUT2D eigenvalue weighted by molar-refractivity contribution is 9.10. The molecule has 0 saturated heterocycles. The van der Waals surface area contributed by atoms with Crippen LogP contribution in [0.3, 0.4) is 0 Å². The smallest absolute Gasteiger partial charge is 0.335 e. The van der Waals surface area contributed by atoms with Crippen LogP contribution in [-0.4, -0.2) is 37.8 Å². The van der Waals surface area contributed by atoms with E-state index in [2.05, 4.69) is 21.2 Å². The maximum atomic E-state index is 12.0. The van der Waals surface area contributed by atoms with Gasteiger partial charge in [0.2, 0.25) is 5.75 Å². The lowest BCUT2D eigenvalue weighted by Crippen LogP contribution is -2.20. The average molecular weight is 410 g/mol. The van der Waals surface area contributed by atoms with Gasteiger partial charge in [-0.05, 0) is 36.4 Å². The van der Waals surface area contributed by atoms with Crippen LogP contribution >= 0.6 is 15.9 Å². The van der Waals surface area contributed by atoms with Crippen molar-refractivity contribution in [1.29, 1.82) is 0 Å². The number of benzene rings is 2. The van der Waals surface area contributed by atoms with Crippen molar-refractivity contribution in [3.63, 3.8) is 0 Å². The number of rotatable bonds is 7. The Kier molecular flexibility index (Phi) is 6.24. The van der Waals surface area contributed by atoms with E-state index in [9.17, 15) is 9.59 Å². The molecule has 0 aromatic heterocycles. The molecule has 2 rings (SSSR count). The van der Waals surface area contributed by atoms with Gasteiger partial charge in [-0.1, -0.05) is 15.9 Å². The number of halogens is 1. The van der Waals surface area contributed by atoms with Crippen LogP contribution in [0.25, 0.3) is 0 Å². The van der Waals surface area contributed by atoms with Crippen LogP contribution in [-0.2, 0) is 4.79 Å². The zero-order chi connectivity index (χ0) is 18.4. The van der Waals surface area contributed by atoms with Gasteiger partial charge in [-0.25, -0.2) is 4.79 Å². The van der Waals surface area contributed by atoms with Gasteiger partial charge in [-0.15, -0.1) is 0 Å². The van der Waals surface area contributed by atoms with Crippen LogP contribution in [0.2, 0.25) is 0 Å². The van der Waals surface area contributed by atoms with Gasteiger partial charge in [0, 0.05) is 10.2 Å². The molecule has 2 aromatic rings. The van der Waals surface area contributed by atoms with Crippen LogP contribution in [0, 0.1) is 0 Å². The first-order chi connectivity index (χ1) is 11.9. The van der Waals surface area contributed by atoms with Crippen LogP contribution in [0.1, 0.15) is 10.4 Å². The molecule has 2 N–H and O–H groups in total. The number of ether oxygens (including phenoxy) is 3. The van der Waals surface area contributed by atoms with Gasteiger partial charge in [0.15, 0.2) is 18.1 Å². The van der Waals surface area contributed by atoms with Crippen molar-refractivity contribution in [2.24, 2.45) is 0 Å². The number of hydrogen-bond acceptors (Lipinski definition) is 5. The van der Waals surface area contributed by atoms with Crippen molar-refractivity contribution < 1.29 is 28.9 Å². The lowest BCUT2D eigenvalue weighted by atomic mass is 10.2. The Bertz CT molecular complexity index is 750. The molecule has 0 saturated carbocycles. The molecule has 0 spiro atoms. The van der Waals surface area contributed by atoms with Gasteiger partial charge in [0.1, 0.15) is 0 Å². The highest BCUT2D eigenvalue weighted by Crippen LogP contribution is 2.38. The second-order valence-corrected chi connectivity index (χ2v) is 5.77. The monoisotopic (exact) mass is 409 g/mol. The molecule has 0 unspecified atom stereocenters. The average Bonchev–Trinajstić information content (AvgIpc) is 2.61. The summed E-state index contributed by atoms with van der Waals surface area (Å²) >= 11 is 3.31. The van der Waals surface area contributed by atoms with Crippen molar-refractivity contribution in [3.05, 3.63) is 46.4 Å². The molecular weight excluding hydrogens is 394 g/mol. The van der Waals surface area contributed by atoms with E-state index in [1.54, 1.807) is 24.3 Å². The first-order valence-electron chi connectivity index (χ1n) is 7.12. The molecule has 2 aromatic carbocycles. The van der Waals surface area contributed by atoms with E-state index in [1.807, 2.05) is 0 Å². The predicted octanol–water partition coefficient (Wildman–Crippen LogP) is 3.18. The van der Waals surface area contributed by atoms with E-state index in [4.69, 9.17) is 19.3 Å². The summed E-state index contributed by atoms with van der Waals surface area (Å²) in [5, 5.41) is 11.8. The highest BCUT2D eigenvalue weighted by atomic mass is 79.9. The second-order valence-electron chi connectivity index (χ2n) is 4.86. The SMILES string of the molecule is COc1cc(C(=O)O)cc(OC)c1OCC(=O)Nc1ccc(Br)cc1. The van der Waals surface area contributed by atoms with Gasteiger partial charge in [-0.3, -0.25) is 4.79 Å². The molecule has 8 heteroatoms. The number of methoxy groups -OCH3 is 2. The minimum atomic E-state index is -1.13. The Morgan fingerprint density at radius 3 is 2.12 bits per heavy atom. The first kappa shape index (κ1) is 18.6. The van der Waals surface area contributed by atoms with Crippen LogP contribution < -0.4 is 19.5 Å². The number of carbonyl (C=O) groups excluding carboxylic acids is 1. The second kappa shape index (κ2) is 8.39. The summed E-state index contributed by atoms with van der Waals surface area (Å²) in [7, 11) is 2.74. The Hall–Kier alpha value is -2.74. The number of carboxylic acids is 1. The summed E-state index contributed by atoms with van der Waals surface area (Å²) in [6.45, 7) is -0.296. The van der Waals surface area contributed by atoms with Crippen molar-refractivity contribution >= 4 is 33.5 Å². The summed E-state index contributed by atoms with van der Waals surface area (Å²) in [5.74, 6) is -1.03. The summed E-state index contributed by atoms with van der Waals surface area (Å²) in [5.41, 5.74) is 0.609. The van der Waals surface area contributed by atoms with Gasteiger partial charge >= 0.3 is 5.97 Å². The third-order valence-electron chi connectivity index (χ3n) is 3.18. The number of amides is 1. The summed E-state index contributed by atoms with van der Waals surface area (Å²) < 4.78 is 16.7. The van der Waals surface area contributed by atoms with Gasteiger partial charge in [0.05, 0.1) is 19.8 Å². The summed E-state index contributed by atoms with van der Waals surface area (Å²) in [6.07, 6.45) is 0. The Morgan fingerprint density at radius 2 is 1.64 bits per heavy atom. The minimum absolute atomic E-state index is 0.0136. The van der Waals surface area contributed by atoms with Gasteiger partial charge < -0.3 is 24.6 Å². The van der Waals surface area contributed by atoms with Crippen LogP contribution in [0.4, 0.5) is 5.69 Å². The molecule has 0 bridgehead atoms. The third kappa shape index (κ3) is 4.87. The lowest BCUT2D eigenvalue weighted by Gasteiger charge is -2.15. The molecule has 0 radical (unpaired) electrons. The maximum Gasteiger partial charge on any atom is 0.335 e. The quantitative estimate of drug-likeness (QED) is 0.728. The summed E-state index contributed by atoms with van der Waals surface area (Å²) in [4.78, 5) is 23.1. The Morgan fingerprint density at radius 1 is 1.08 bits per heavy atom. The molecular formula is C17H16BrNO6. The third-order valence-corrected chi connectivity index (χ3v) is 3.71. The summed E-state index contributed by atoms with van der Waals surface area (Å²) in [6, 6.07) is 9.68. The first-order valence-corrected chi connectivity index (χ1v) is 7.91. The number of aromatic carboxylic acids is 1. The molecule has 25 heavy (non-hydrogen) atoms. The van der Waals surface area contributed by atoms with Gasteiger partial charge in [0.25, 0.3) is 5.91 Å². The fourth-order valence-electron chi connectivity index (χ4n) is 2.01. The van der Waals surface area contributed by atoms with E-state index >= 15 is 0 Å². The van der Waals surface area contributed by atoms with Crippen molar-refractivity contribution in [2.75, 3.05) is 26.1 Å². The zero-order valence-electron chi connectivity index (χ0n) is 13.5. The fourth-order valence-corrected chi connectivity index (χ4v) is 2.28. The maximum absolute atomic E-state index is 12.0. The molecule has 0 aliphatic carbocycles. The largest absolute Gasteiger partial charge is 0.493 e. The molecule has 0 fully saturated rings. The van der Waals surface area contributed by atoms with E-state index in [0.29, 0.717) is 5.69 Å². The van der Waals surface area contributed by atoms with Crippen molar-refractivity contribution in [2.45, 2.75) is 0 Å². The topological polar surface area (TPSA) is 94.1 Å². The van der Waals surface area contributed by atoms with E-state index < -0.39 is 5.97 Å². The standard InChI is InChI=1S/C17H16BrNO6/c1-23-13-7-10(17(21)22)8-14(24-2)16(13)25-9-15(20)19-12-5-3-11(18)4-6-12/h3-8H,9H2,1-2H3,(H,19,20)(H,21,22). The fraction of sp³-hybridized carbons (Fsp3) is 0.176. The minimum Gasteiger partial charge on any atom is -0.493 e. The molecule has 0 aliphatic heterocycles. The lowest BCUT2D eigenvalue weighted by molar-refractivity contribution is -0.118. The molecule has 1 amide bonds. The molecule has 0 atom stereocenters. The highest BCUT2D eigenvalue weighted by Gasteiger charge is 2.18. The molecule has 132 valence electrons. The van der Waals surface area contributed by atoms with Crippen molar-refractivity contribution in [1.82, 2.24) is 0 Å². The molecule has 0 aliphatic rings. The number of carbonyl (C=O) groups is 2. The van der Waals surface area contributed by atoms with Gasteiger partial charge in [-0.2, -0.15) is 0 Å². The predicted molar refractivity (Wildman–Crippen MR) is 94.8 cm³/mol. The Balaban J connectivity index is 2.12. The number of nitrogens with one attached hydrogen (secondary N) is 1. The number of carboxylic acid groups (broad SMARTS) is 1. The molecule has 0 heterocycles. The van der Waals surface area contributed by atoms with Crippen LogP contribution in [0.5, 0.6) is 17.2 Å². The molecule has 7 nitrogen and oxygen atoms in total. The normalized spacial score (nSPS) is 10.0. The van der Waals surface area contributed by atoms with E-state index in [1.165, 1.54) is 26.4 Å². The zero-order valence-corrected chi connectivity index (χ0v) is 15.1.